The normalized spacial score (nSPS) is 12.7. The standard InChI is InChI=1S/C23H30ClNO5/c1-6-28-19-12-16(13-20(29-7-2)21(19)30-8-3)22(26)25-15-23(4,27-5)17-10-9-11-18(24)14-17/h9-14H,6-8,15H2,1-5H3,(H,25,26). The van der Waals surface area contributed by atoms with E-state index in [1.165, 1.54) is 0 Å². The smallest absolute Gasteiger partial charge is 0.251 e. The Balaban J connectivity index is 2.28. The minimum absolute atomic E-state index is 0.254. The van der Waals surface area contributed by atoms with Gasteiger partial charge in [-0.15, -0.1) is 0 Å². The molecule has 6 nitrogen and oxygen atoms in total. The largest absolute Gasteiger partial charge is 0.490 e. The summed E-state index contributed by atoms with van der Waals surface area (Å²) < 4.78 is 22.8. The molecule has 1 amide bonds. The Morgan fingerprint density at radius 1 is 1.00 bits per heavy atom. The van der Waals surface area contributed by atoms with Gasteiger partial charge in [0.1, 0.15) is 5.60 Å². The van der Waals surface area contributed by atoms with E-state index >= 15 is 0 Å². The van der Waals surface area contributed by atoms with Crippen molar-refractivity contribution in [2.75, 3.05) is 33.5 Å². The van der Waals surface area contributed by atoms with E-state index in [2.05, 4.69) is 5.32 Å². The number of nitrogens with one attached hydrogen (secondary N) is 1. The second-order valence-electron chi connectivity index (χ2n) is 6.73. The van der Waals surface area contributed by atoms with Gasteiger partial charge in [0.25, 0.3) is 5.91 Å². The first-order valence-electron chi connectivity index (χ1n) is 10.0. The van der Waals surface area contributed by atoms with Gasteiger partial charge in [-0.3, -0.25) is 4.79 Å². The molecule has 0 heterocycles. The highest BCUT2D eigenvalue weighted by Gasteiger charge is 2.28. The van der Waals surface area contributed by atoms with Gasteiger partial charge in [0.05, 0.1) is 26.4 Å². The highest BCUT2D eigenvalue weighted by Crippen LogP contribution is 2.39. The van der Waals surface area contributed by atoms with Crippen molar-refractivity contribution in [3.8, 4) is 17.2 Å². The summed E-state index contributed by atoms with van der Waals surface area (Å²) in [5, 5.41) is 3.55. The molecule has 1 atom stereocenters. The zero-order chi connectivity index (χ0) is 22.1. The van der Waals surface area contributed by atoms with Crippen LogP contribution >= 0.6 is 11.6 Å². The molecule has 30 heavy (non-hydrogen) atoms. The van der Waals surface area contributed by atoms with Gasteiger partial charge in [0.2, 0.25) is 5.75 Å². The number of rotatable bonds is 11. The first-order chi connectivity index (χ1) is 14.4. The average molecular weight is 436 g/mol. The molecule has 2 aromatic rings. The fourth-order valence-electron chi connectivity index (χ4n) is 2.98. The van der Waals surface area contributed by atoms with E-state index < -0.39 is 5.60 Å². The lowest BCUT2D eigenvalue weighted by Gasteiger charge is -2.29. The van der Waals surface area contributed by atoms with Gasteiger partial charge >= 0.3 is 0 Å². The van der Waals surface area contributed by atoms with Crippen LogP contribution in [0.15, 0.2) is 36.4 Å². The molecular weight excluding hydrogens is 406 g/mol. The predicted octanol–water partition coefficient (Wildman–Crippen LogP) is 4.83. The Bertz CT molecular complexity index is 830. The number of amides is 1. The fourth-order valence-corrected chi connectivity index (χ4v) is 3.17. The molecule has 0 aliphatic rings. The van der Waals surface area contributed by atoms with E-state index in [-0.39, 0.29) is 12.5 Å². The topological polar surface area (TPSA) is 66.0 Å². The number of hydrogen-bond donors (Lipinski definition) is 1. The zero-order valence-corrected chi connectivity index (χ0v) is 19.0. The van der Waals surface area contributed by atoms with Crippen LogP contribution in [0.4, 0.5) is 0 Å². The van der Waals surface area contributed by atoms with E-state index in [0.717, 1.165) is 5.56 Å². The molecule has 0 saturated heterocycles. The number of carbonyl (C=O) groups is 1. The van der Waals surface area contributed by atoms with Gasteiger partial charge in [-0.25, -0.2) is 0 Å². The number of methoxy groups -OCH3 is 1. The Hall–Kier alpha value is -2.44. The molecule has 0 fully saturated rings. The molecule has 7 heteroatoms. The lowest BCUT2D eigenvalue weighted by molar-refractivity contribution is 0.00315. The summed E-state index contributed by atoms with van der Waals surface area (Å²) in [6, 6.07) is 10.7. The van der Waals surface area contributed by atoms with Crippen LogP contribution in [-0.2, 0) is 10.3 Å². The Labute approximate surface area is 183 Å². The maximum atomic E-state index is 12.9. The number of hydrogen-bond acceptors (Lipinski definition) is 5. The molecule has 0 spiro atoms. The molecule has 164 valence electrons. The van der Waals surface area contributed by atoms with Crippen LogP contribution in [0.5, 0.6) is 17.2 Å². The third-order valence-corrected chi connectivity index (χ3v) is 4.88. The maximum Gasteiger partial charge on any atom is 0.251 e. The van der Waals surface area contributed by atoms with Gasteiger partial charge in [-0.05, 0) is 57.5 Å². The van der Waals surface area contributed by atoms with Crippen molar-refractivity contribution in [1.82, 2.24) is 5.32 Å². The summed E-state index contributed by atoms with van der Waals surface area (Å²) in [7, 11) is 1.60. The highest BCUT2D eigenvalue weighted by atomic mass is 35.5. The molecule has 0 saturated carbocycles. The van der Waals surface area contributed by atoms with Crippen LogP contribution in [0.2, 0.25) is 5.02 Å². The second kappa shape index (κ2) is 11.1. The zero-order valence-electron chi connectivity index (χ0n) is 18.2. The van der Waals surface area contributed by atoms with E-state index in [1.54, 1.807) is 25.3 Å². The SMILES string of the molecule is CCOc1cc(C(=O)NCC(C)(OC)c2cccc(Cl)c2)cc(OCC)c1OCC. The van der Waals surface area contributed by atoms with Crippen LogP contribution < -0.4 is 19.5 Å². The van der Waals surface area contributed by atoms with E-state index in [1.807, 2.05) is 45.9 Å². The van der Waals surface area contributed by atoms with Gasteiger partial charge < -0.3 is 24.3 Å². The summed E-state index contributed by atoms with van der Waals surface area (Å²) in [4.78, 5) is 12.9. The van der Waals surface area contributed by atoms with Gasteiger partial charge in [0.15, 0.2) is 11.5 Å². The Morgan fingerprint density at radius 2 is 1.60 bits per heavy atom. The Kier molecular flexibility index (Phi) is 8.81. The average Bonchev–Trinajstić information content (AvgIpc) is 2.74. The molecule has 0 bridgehead atoms. The van der Waals surface area contributed by atoms with E-state index in [0.29, 0.717) is 47.7 Å². The van der Waals surface area contributed by atoms with Crippen molar-refractivity contribution >= 4 is 17.5 Å². The van der Waals surface area contributed by atoms with Crippen molar-refractivity contribution in [3.05, 3.63) is 52.5 Å². The highest BCUT2D eigenvalue weighted by molar-refractivity contribution is 6.30. The third kappa shape index (κ3) is 5.80. The van der Waals surface area contributed by atoms with Crippen molar-refractivity contribution < 1.29 is 23.7 Å². The molecule has 2 aromatic carbocycles. The van der Waals surface area contributed by atoms with Gasteiger partial charge in [0, 0.05) is 17.7 Å². The number of benzene rings is 2. The van der Waals surface area contributed by atoms with E-state index in [9.17, 15) is 4.79 Å². The van der Waals surface area contributed by atoms with Crippen molar-refractivity contribution in [2.45, 2.75) is 33.3 Å². The van der Waals surface area contributed by atoms with Crippen molar-refractivity contribution in [1.29, 1.82) is 0 Å². The van der Waals surface area contributed by atoms with Crippen LogP contribution in [0, 0.1) is 0 Å². The lowest BCUT2D eigenvalue weighted by Crippen LogP contribution is -2.40. The second-order valence-corrected chi connectivity index (χ2v) is 7.17. The quantitative estimate of drug-likeness (QED) is 0.547. The molecule has 0 aliphatic carbocycles. The summed E-state index contributed by atoms with van der Waals surface area (Å²) in [5.41, 5.74) is 0.543. The van der Waals surface area contributed by atoms with E-state index in [4.69, 9.17) is 30.5 Å². The van der Waals surface area contributed by atoms with Crippen molar-refractivity contribution in [2.24, 2.45) is 0 Å². The lowest BCUT2D eigenvalue weighted by atomic mass is 9.95. The molecule has 0 aromatic heterocycles. The molecule has 1 N–H and O–H groups in total. The molecule has 1 unspecified atom stereocenters. The number of halogens is 1. The van der Waals surface area contributed by atoms with Crippen molar-refractivity contribution in [3.63, 3.8) is 0 Å². The Morgan fingerprint density at radius 3 is 2.10 bits per heavy atom. The van der Waals surface area contributed by atoms with Gasteiger partial charge in [-0.1, -0.05) is 23.7 Å². The van der Waals surface area contributed by atoms with Crippen LogP contribution in [0.1, 0.15) is 43.6 Å². The maximum absolute atomic E-state index is 12.9. The predicted molar refractivity (Wildman–Crippen MR) is 118 cm³/mol. The molecule has 2 rings (SSSR count). The van der Waals surface area contributed by atoms with Gasteiger partial charge in [-0.2, -0.15) is 0 Å². The summed E-state index contributed by atoms with van der Waals surface area (Å²) in [6.07, 6.45) is 0. The fraction of sp³-hybridized carbons (Fsp3) is 0.435. The molecule has 0 aliphatic heterocycles. The van der Waals surface area contributed by atoms with Crippen LogP contribution in [0.3, 0.4) is 0 Å². The summed E-state index contributed by atoms with van der Waals surface area (Å²) in [5.74, 6) is 1.17. The van der Waals surface area contributed by atoms with Crippen LogP contribution in [-0.4, -0.2) is 39.4 Å². The first-order valence-corrected chi connectivity index (χ1v) is 10.4. The summed E-state index contributed by atoms with van der Waals surface area (Å²) in [6.45, 7) is 9.11. The third-order valence-electron chi connectivity index (χ3n) is 4.64. The molecule has 0 radical (unpaired) electrons. The first kappa shape index (κ1) is 23.8. The minimum atomic E-state index is -0.739. The van der Waals surface area contributed by atoms with Crippen LogP contribution in [0.25, 0.3) is 0 Å². The number of ether oxygens (including phenoxy) is 4. The monoisotopic (exact) mass is 435 g/mol. The summed E-state index contributed by atoms with van der Waals surface area (Å²) >= 11 is 6.12. The minimum Gasteiger partial charge on any atom is -0.490 e. The molecular formula is C23H30ClNO5. The number of carbonyl (C=O) groups excluding carboxylic acids is 1.